The van der Waals surface area contributed by atoms with Crippen molar-refractivity contribution >= 4 is 17.5 Å². The first-order chi connectivity index (χ1) is 9.24. The van der Waals surface area contributed by atoms with E-state index in [4.69, 9.17) is 11.6 Å². The van der Waals surface area contributed by atoms with E-state index in [-0.39, 0.29) is 17.8 Å². The molecule has 1 aromatic heterocycles. The van der Waals surface area contributed by atoms with Crippen molar-refractivity contribution < 1.29 is 4.79 Å². The number of H-pyrrole nitrogens is 1. The molecule has 2 aromatic rings. The third kappa shape index (κ3) is 2.73. The van der Waals surface area contributed by atoms with Gasteiger partial charge in [0, 0.05) is 17.6 Å². The Hall–Kier alpha value is -1.95. The number of hydrogen-bond donors (Lipinski definition) is 1. The number of carbonyl (C=O) groups is 1. The van der Waals surface area contributed by atoms with Gasteiger partial charge >= 0.3 is 0 Å². The summed E-state index contributed by atoms with van der Waals surface area (Å²) in [4.78, 5) is 14.1. The van der Waals surface area contributed by atoms with E-state index in [0.717, 1.165) is 18.4 Å². The number of aromatic nitrogens is 4. The van der Waals surface area contributed by atoms with E-state index in [2.05, 4.69) is 20.6 Å². The Labute approximate surface area is 114 Å². The van der Waals surface area contributed by atoms with Crippen LogP contribution >= 0.6 is 11.6 Å². The van der Waals surface area contributed by atoms with Crippen LogP contribution in [0.25, 0.3) is 0 Å². The molecule has 3 rings (SSSR count). The van der Waals surface area contributed by atoms with Crippen LogP contribution in [0, 0.1) is 0 Å². The van der Waals surface area contributed by atoms with E-state index in [9.17, 15) is 4.79 Å². The zero-order valence-corrected chi connectivity index (χ0v) is 10.8. The molecule has 98 valence electrons. The predicted molar refractivity (Wildman–Crippen MR) is 68.5 cm³/mol. The van der Waals surface area contributed by atoms with Crippen LogP contribution < -0.4 is 0 Å². The molecule has 7 heteroatoms. The lowest BCUT2D eigenvalue weighted by Crippen LogP contribution is -2.33. The number of benzene rings is 1. The average Bonchev–Trinajstić information content (AvgIpc) is 3.11. The minimum atomic E-state index is -0.189. The maximum atomic E-state index is 12.3. The van der Waals surface area contributed by atoms with Gasteiger partial charge < -0.3 is 4.90 Å². The lowest BCUT2D eigenvalue weighted by Gasteiger charge is -2.20. The van der Waals surface area contributed by atoms with Crippen molar-refractivity contribution in [1.29, 1.82) is 0 Å². The van der Waals surface area contributed by atoms with Crippen molar-refractivity contribution in [3.63, 3.8) is 0 Å². The van der Waals surface area contributed by atoms with Crippen LogP contribution in [-0.4, -0.2) is 37.5 Å². The summed E-state index contributed by atoms with van der Waals surface area (Å²) in [6.07, 6.45) is 2.05. The molecule has 1 N–H and O–H groups in total. The molecule has 0 saturated heterocycles. The number of tetrazole rings is 1. The summed E-state index contributed by atoms with van der Waals surface area (Å²) in [5.41, 5.74) is 1.04. The summed E-state index contributed by atoms with van der Waals surface area (Å²) in [6, 6.07) is 7.76. The summed E-state index contributed by atoms with van der Waals surface area (Å²) < 4.78 is 0. The zero-order chi connectivity index (χ0) is 13.2. The van der Waals surface area contributed by atoms with Gasteiger partial charge in [-0.3, -0.25) is 4.79 Å². The van der Waals surface area contributed by atoms with Crippen molar-refractivity contribution in [1.82, 2.24) is 25.5 Å². The van der Waals surface area contributed by atoms with Gasteiger partial charge in [-0.2, -0.15) is 5.21 Å². The lowest BCUT2D eigenvalue weighted by atomic mass is 10.2. The number of carbonyl (C=O) groups excluding carboxylic acids is 1. The van der Waals surface area contributed by atoms with Crippen molar-refractivity contribution in [2.24, 2.45) is 0 Å². The maximum Gasteiger partial charge on any atom is 0.296 e. The highest BCUT2D eigenvalue weighted by atomic mass is 35.5. The van der Waals surface area contributed by atoms with Gasteiger partial charge in [-0.1, -0.05) is 23.7 Å². The highest BCUT2D eigenvalue weighted by molar-refractivity contribution is 6.30. The molecule has 6 nitrogen and oxygen atoms in total. The molecule has 0 radical (unpaired) electrons. The molecular formula is C12H12ClN5O. The largest absolute Gasteiger partial charge is 0.328 e. The van der Waals surface area contributed by atoms with Crippen LogP contribution in [0.5, 0.6) is 0 Å². The van der Waals surface area contributed by atoms with Crippen LogP contribution in [0.3, 0.4) is 0 Å². The van der Waals surface area contributed by atoms with Gasteiger partial charge in [0.25, 0.3) is 11.7 Å². The molecule has 1 aliphatic carbocycles. The molecule has 0 spiro atoms. The summed E-state index contributed by atoms with van der Waals surface area (Å²) in [7, 11) is 0. The molecule has 1 amide bonds. The van der Waals surface area contributed by atoms with Gasteiger partial charge in [-0.25, -0.2) is 0 Å². The van der Waals surface area contributed by atoms with Gasteiger partial charge in [0.15, 0.2) is 0 Å². The number of amides is 1. The lowest BCUT2D eigenvalue weighted by molar-refractivity contribution is 0.0717. The molecule has 0 unspecified atom stereocenters. The minimum absolute atomic E-state index is 0.112. The molecule has 0 bridgehead atoms. The molecular weight excluding hydrogens is 266 g/mol. The van der Waals surface area contributed by atoms with Crippen LogP contribution in [0.2, 0.25) is 5.02 Å². The first-order valence-corrected chi connectivity index (χ1v) is 6.40. The molecule has 1 saturated carbocycles. The Morgan fingerprint density at radius 2 is 2.11 bits per heavy atom. The van der Waals surface area contributed by atoms with E-state index < -0.39 is 0 Å². The van der Waals surface area contributed by atoms with Crippen molar-refractivity contribution in [2.75, 3.05) is 0 Å². The van der Waals surface area contributed by atoms with Gasteiger partial charge in [-0.15, -0.1) is 10.2 Å². The van der Waals surface area contributed by atoms with Gasteiger partial charge in [-0.05, 0) is 35.8 Å². The van der Waals surface area contributed by atoms with Crippen molar-refractivity contribution in [2.45, 2.75) is 25.4 Å². The molecule has 1 aromatic carbocycles. The Kier molecular flexibility index (Phi) is 3.16. The molecule has 0 aliphatic heterocycles. The van der Waals surface area contributed by atoms with Gasteiger partial charge in [0.05, 0.1) is 0 Å². The number of halogens is 1. The second-order valence-corrected chi connectivity index (χ2v) is 4.96. The molecule has 1 fully saturated rings. The summed E-state index contributed by atoms with van der Waals surface area (Å²) in [6.45, 7) is 0.537. The second kappa shape index (κ2) is 4.97. The van der Waals surface area contributed by atoms with Crippen molar-refractivity contribution in [3.8, 4) is 0 Å². The highest BCUT2D eigenvalue weighted by Crippen LogP contribution is 2.29. The maximum absolute atomic E-state index is 12.3. The fourth-order valence-electron chi connectivity index (χ4n) is 1.92. The third-order valence-corrected chi connectivity index (χ3v) is 3.30. The van der Waals surface area contributed by atoms with Gasteiger partial charge in [0.2, 0.25) is 0 Å². The SMILES string of the molecule is O=C(c1nn[nH]n1)N(Cc1ccc(Cl)cc1)C1CC1. The molecule has 0 atom stereocenters. The third-order valence-electron chi connectivity index (χ3n) is 3.05. The van der Waals surface area contributed by atoms with E-state index in [0.29, 0.717) is 11.6 Å². The Balaban J connectivity index is 1.78. The normalized spacial score (nSPS) is 14.4. The first-order valence-electron chi connectivity index (χ1n) is 6.03. The summed E-state index contributed by atoms with van der Waals surface area (Å²) in [5.74, 6) is -0.0768. The van der Waals surface area contributed by atoms with E-state index in [1.54, 1.807) is 4.90 Å². The van der Waals surface area contributed by atoms with E-state index in [1.165, 1.54) is 0 Å². The Morgan fingerprint density at radius 3 is 2.68 bits per heavy atom. The number of aromatic amines is 1. The number of hydrogen-bond acceptors (Lipinski definition) is 4. The molecule has 19 heavy (non-hydrogen) atoms. The topological polar surface area (TPSA) is 74.8 Å². The summed E-state index contributed by atoms with van der Waals surface area (Å²) in [5, 5.41) is 13.9. The predicted octanol–water partition coefficient (Wildman–Crippen LogP) is 1.66. The number of nitrogens with one attached hydrogen (secondary N) is 1. The molecule has 1 heterocycles. The smallest absolute Gasteiger partial charge is 0.296 e. The fraction of sp³-hybridized carbons (Fsp3) is 0.333. The Morgan fingerprint density at radius 1 is 1.37 bits per heavy atom. The first kappa shape index (κ1) is 12.1. The van der Waals surface area contributed by atoms with Crippen LogP contribution in [0.15, 0.2) is 24.3 Å². The van der Waals surface area contributed by atoms with Crippen molar-refractivity contribution in [3.05, 3.63) is 40.7 Å². The van der Waals surface area contributed by atoms with E-state index >= 15 is 0 Å². The van der Waals surface area contributed by atoms with Crippen LogP contribution in [0.1, 0.15) is 29.0 Å². The average molecular weight is 278 g/mol. The van der Waals surface area contributed by atoms with E-state index in [1.807, 2.05) is 24.3 Å². The monoisotopic (exact) mass is 277 g/mol. The van der Waals surface area contributed by atoms with Crippen LogP contribution in [0.4, 0.5) is 0 Å². The fourth-order valence-corrected chi connectivity index (χ4v) is 2.05. The van der Waals surface area contributed by atoms with Gasteiger partial charge in [0.1, 0.15) is 0 Å². The van der Waals surface area contributed by atoms with Crippen LogP contribution in [-0.2, 0) is 6.54 Å². The standard InChI is InChI=1S/C12H12ClN5O/c13-9-3-1-8(2-4-9)7-18(10-5-6-10)12(19)11-14-16-17-15-11/h1-4,10H,5-7H2,(H,14,15,16,17). The molecule has 1 aliphatic rings. The number of nitrogens with zero attached hydrogens (tertiary/aromatic N) is 4. The minimum Gasteiger partial charge on any atom is -0.328 e. The number of rotatable bonds is 4. The quantitative estimate of drug-likeness (QED) is 0.922. The summed E-state index contributed by atoms with van der Waals surface area (Å²) >= 11 is 5.85. The second-order valence-electron chi connectivity index (χ2n) is 4.53. The Bertz CT molecular complexity index is 564. The highest BCUT2D eigenvalue weighted by Gasteiger charge is 2.34. The zero-order valence-electron chi connectivity index (χ0n) is 10.1.